The Hall–Kier alpha value is -0.790. The zero-order valence-corrected chi connectivity index (χ0v) is 7.22. The lowest BCUT2D eigenvalue weighted by atomic mass is 10.1. The van der Waals surface area contributed by atoms with Crippen LogP contribution in [0.5, 0.6) is 0 Å². The van der Waals surface area contributed by atoms with Gasteiger partial charge in [0, 0.05) is 6.08 Å². The van der Waals surface area contributed by atoms with Gasteiger partial charge in [-0.15, -0.1) is 0 Å². The van der Waals surface area contributed by atoms with E-state index in [1.54, 1.807) is 0 Å². The summed E-state index contributed by atoms with van der Waals surface area (Å²) < 4.78 is 4.77. The molecule has 1 radical (unpaired) electrons. The second-order valence-electron chi connectivity index (χ2n) is 2.68. The molecule has 11 heavy (non-hydrogen) atoms. The number of rotatable bonds is 5. The van der Waals surface area contributed by atoms with Gasteiger partial charge >= 0.3 is 5.97 Å². The van der Waals surface area contributed by atoms with E-state index in [2.05, 4.69) is 20.4 Å². The van der Waals surface area contributed by atoms with Gasteiger partial charge < -0.3 is 4.74 Å². The van der Waals surface area contributed by atoms with Gasteiger partial charge in [-0.2, -0.15) is 0 Å². The quantitative estimate of drug-likeness (QED) is 0.345. The van der Waals surface area contributed by atoms with Crippen LogP contribution in [0.4, 0.5) is 0 Å². The zero-order valence-electron chi connectivity index (χ0n) is 7.22. The molecule has 0 aromatic carbocycles. The average Bonchev–Trinajstić information content (AvgIpc) is 1.97. The van der Waals surface area contributed by atoms with Crippen molar-refractivity contribution in [2.75, 3.05) is 6.61 Å². The number of hydrogen-bond acceptors (Lipinski definition) is 2. The Kier molecular flexibility index (Phi) is 5.53. The van der Waals surface area contributed by atoms with E-state index in [4.69, 9.17) is 4.74 Å². The highest BCUT2D eigenvalue weighted by Gasteiger charge is 1.96. The molecule has 0 saturated heterocycles. The maximum Gasteiger partial charge on any atom is 0.330 e. The minimum absolute atomic E-state index is 0.334. The van der Waals surface area contributed by atoms with Gasteiger partial charge in [0.1, 0.15) is 0 Å². The van der Waals surface area contributed by atoms with Gasteiger partial charge in [0.2, 0.25) is 0 Å². The number of hydrogen-bond donors (Lipinski definition) is 0. The monoisotopic (exact) mass is 155 g/mol. The molecular formula is C9H15O2. The van der Waals surface area contributed by atoms with E-state index in [0.29, 0.717) is 6.61 Å². The van der Waals surface area contributed by atoms with Gasteiger partial charge in [-0.1, -0.05) is 20.4 Å². The molecule has 0 aliphatic rings. The normalized spacial score (nSPS) is 9.73. The fourth-order valence-electron chi connectivity index (χ4n) is 0.657. The SMILES string of the molecule is C=CC(=O)OCCC[C](C)C. The molecule has 2 nitrogen and oxygen atoms in total. The molecule has 0 spiro atoms. The summed E-state index contributed by atoms with van der Waals surface area (Å²) in [6, 6.07) is 0. The lowest BCUT2D eigenvalue weighted by molar-refractivity contribution is -0.137. The van der Waals surface area contributed by atoms with E-state index in [1.807, 2.05) is 0 Å². The smallest absolute Gasteiger partial charge is 0.330 e. The maximum absolute atomic E-state index is 10.5. The van der Waals surface area contributed by atoms with E-state index < -0.39 is 0 Å². The predicted octanol–water partition coefficient (Wildman–Crippen LogP) is 2.11. The third kappa shape index (κ3) is 7.10. The van der Waals surface area contributed by atoms with Crippen molar-refractivity contribution in [3.63, 3.8) is 0 Å². The average molecular weight is 155 g/mol. The third-order valence-corrected chi connectivity index (χ3v) is 1.23. The first-order valence-electron chi connectivity index (χ1n) is 3.75. The fraction of sp³-hybridized carbons (Fsp3) is 0.556. The summed E-state index contributed by atoms with van der Waals surface area (Å²) in [6.45, 7) is 7.92. The van der Waals surface area contributed by atoms with Crippen LogP contribution in [0, 0.1) is 5.92 Å². The van der Waals surface area contributed by atoms with Crippen LogP contribution >= 0.6 is 0 Å². The van der Waals surface area contributed by atoms with E-state index in [-0.39, 0.29) is 5.97 Å². The molecule has 0 atom stereocenters. The molecule has 0 unspecified atom stereocenters. The Morgan fingerprint density at radius 1 is 1.55 bits per heavy atom. The van der Waals surface area contributed by atoms with Gasteiger partial charge in [-0.25, -0.2) is 4.79 Å². The lowest BCUT2D eigenvalue weighted by Gasteiger charge is -2.03. The molecule has 63 valence electrons. The van der Waals surface area contributed by atoms with E-state index in [0.717, 1.165) is 12.8 Å². The van der Waals surface area contributed by atoms with Crippen molar-refractivity contribution in [2.45, 2.75) is 26.7 Å². The summed E-state index contributed by atoms with van der Waals surface area (Å²) >= 11 is 0. The summed E-state index contributed by atoms with van der Waals surface area (Å²) in [5.41, 5.74) is 0. The van der Waals surface area contributed by atoms with Gasteiger partial charge in [-0.05, 0) is 18.8 Å². The first-order valence-corrected chi connectivity index (χ1v) is 3.75. The molecule has 2 heteroatoms. The van der Waals surface area contributed by atoms with E-state index in [9.17, 15) is 4.79 Å². The number of carbonyl (C=O) groups is 1. The predicted molar refractivity (Wildman–Crippen MR) is 45.0 cm³/mol. The molecule has 0 bridgehead atoms. The van der Waals surface area contributed by atoms with Crippen LogP contribution in [0.25, 0.3) is 0 Å². The van der Waals surface area contributed by atoms with E-state index in [1.165, 1.54) is 12.0 Å². The Morgan fingerprint density at radius 2 is 2.18 bits per heavy atom. The minimum atomic E-state index is -0.334. The number of carbonyl (C=O) groups excluding carboxylic acids is 1. The number of esters is 1. The first kappa shape index (κ1) is 10.2. The van der Waals surface area contributed by atoms with Crippen LogP contribution in [0.1, 0.15) is 26.7 Å². The molecule has 0 aromatic rings. The van der Waals surface area contributed by atoms with Gasteiger partial charge in [0.25, 0.3) is 0 Å². The molecule has 0 saturated carbocycles. The maximum atomic E-state index is 10.5. The summed E-state index contributed by atoms with van der Waals surface area (Å²) in [5, 5.41) is 0. The molecule has 0 heterocycles. The van der Waals surface area contributed by atoms with Crippen LogP contribution in [-0.2, 0) is 9.53 Å². The molecule has 0 N–H and O–H groups in total. The van der Waals surface area contributed by atoms with Crippen molar-refractivity contribution < 1.29 is 9.53 Å². The second-order valence-corrected chi connectivity index (χ2v) is 2.68. The van der Waals surface area contributed by atoms with Crippen molar-refractivity contribution in [2.24, 2.45) is 0 Å². The van der Waals surface area contributed by atoms with Crippen molar-refractivity contribution in [3.8, 4) is 0 Å². The van der Waals surface area contributed by atoms with Crippen LogP contribution in [-0.4, -0.2) is 12.6 Å². The zero-order chi connectivity index (χ0) is 8.69. The topological polar surface area (TPSA) is 26.3 Å². The highest BCUT2D eigenvalue weighted by molar-refractivity contribution is 5.81. The molecule has 0 amide bonds. The highest BCUT2D eigenvalue weighted by atomic mass is 16.5. The van der Waals surface area contributed by atoms with Crippen LogP contribution in [0.2, 0.25) is 0 Å². The third-order valence-electron chi connectivity index (χ3n) is 1.23. The second kappa shape index (κ2) is 5.96. The van der Waals surface area contributed by atoms with Crippen molar-refractivity contribution >= 4 is 5.97 Å². The van der Waals surface area contributed by atoms with Gasteiger partial charge in [0.05, 0.1) is 6.61 Å². The summed E-state index contributed by atoms with van der Waals surface area (Å²) in [7, 11) is 0. The Labute approximate surface area is 68.2 Å². The molecule has 0 fully saturated rings. The summed E-state index contributed by atoms with van der Waals surface area (Å²) in [4.78, 5) is 10.5. The van der Waals surface area contributed by atoms with Gasteiger partial charge in [0.15, 0.2) is 0 Å². The standard InChI is InChI=1S/C9H15O2/c1-4-9(10)11-7-5-6-8(2)3/h4H,1,5-7H2,2-3H3. The van der Waals surface area contributed by atoms with Crippen LogP contribution < -0.4 is 0 Å². The Morgan fingerprint density at radius 3 is 2.64 bits per heavy atom. The van der Waals surface area contributed by atoms with E-state index >= 15 is 0 Å². The molecule has 0 aliphatic carbocycles. The fourth-order valence-corrected chi connectivity index (χ4v) is 0.657. The van der Waals surface area contributed by atoms with Crippen LogP contribution in [0.15, 0.2) is 12.7 Å². The molecule has 0 rings (SSSR count). The largest absolute Gasteiger partial charge is 0.463 e. The number of ether oxygens (including phenoxy) is 1. The van der Waals surface area contributed by atoms with Crippen molar-refractivity contribution in [3.05, 3.63) is 18.6 Å². The lowest BCUT2D eigenvalue weighted by Crippen LogP contribution is -2.02. The van der Waals surface area contributed by atoms with Crippen LogP contribution in [0.3, 0.4) is 0 Å². The summed E-state index contributed by atoms with van der Waals surface area (Å²) in [5.74, 6) is 1.03. The van der Waals surface area contributed by atoms with Crippen molar-refractivity contribution in [1.82, 2.24) is 0 Å². The van der Waals surface area contributed by atoms with Crippen molar-refractivity contribution in [1.29, 1.82) is 0 Å². The first-order chi connectivity index (χ1) is 5.16. The molecule has 0 aromatic heterocycles. The Balaban J connectivity index is 3.14. The molecule has 0 aliphatic heterocycles. The molecular weight excluding hydrogens is 140 g/mol. The summed E-state index contributed by atoms with van der Waals surface area (Å²) in [6.07, 6.45) is 3.11. The van der Waals surface area contributed by atoms with Gasteiger partial charge in [-0.3, -0.25) is 0 Å². The highest BCUT2D eigenvalue weighted by Crippen LogP contribution is 2.05. The minimum Gasteiger partial charge on any atom is -0.463 e. The Bertz CT molecular complexity index is 128.